The predicted molar refractivity (Wildman–Crippen MR) is 122 cm³/mol. The van der Waals surface area contributed by atoms with Gasteiger partial charge in [0.1, 0.15) is 5.75 Å². The molecule has 1 saturated heterocycles. The van der Waals surface area contributed by atoms with Crippen LogP contribution in [0.4, 0.5) is 0 Å². The van der Waals surface area contributed by atoms with Gasteiger partial charge in [0.25, 0.3) is 0 Å². The van der Waals surface area contributed by atoms with E-state index in [1.54, 1.807) is 24.3 Å². The van der Waals surface area contributed by atoms with Crippen molar-refractivity contribution < 1.29 is 9.53 Å². The highest BCUT2D eigenvalue weighted by Gasteiger charge is 2.23. The number of ether oxygens (including phenoxy) is 1. The minimum Gasteiger partial charge on any atom is -0.423 e. The predicted octanol–water partition coefficient (Wildman–Crippen LogP) is 6.84. The van der Waals surface area contributed by atoms with Crippen LogP contribution >= 0.6 is 23.5 Å². The molecular formula is C24H27NO2S2. The van der Waals surface area contributed by atoms with Crippen LogP contribution in [0.5, 0.6) is 5.75 Å². The van der Waals surface area contributed by atoms with Crippen LogP contribution in [0.2, 0.25) is 0 Å². The molecule has 1 heterocycles. The molecule has 3 nitrogen and oxygen atoms in total. The van der Waals surface area contributed by atoms with Gasteiger partial charge in [-0.1, -0.05) is 44.7 Å². The lowest BCUT2D eigenvalue weighted by Gasteiger charge is -2.28. The maximum Gasteiger partial charge on any atom is 0.343 e. The monoisotopic (exact) mass is 425 g/mol. The highest BCUT2D eigenvalue weighted by atomic mass is 32.2. The van der Waals surface area contributed by atoms with Crippen molar-refractivity contribution in [1.29, 1.82) is 5.26 Å². The van der Waals surface area contributed by atoms with E-state index in [0.717, 1.165) is 5.92 Å². The van der Waals surface area contributed by atoms with Crippen LogP contribution in [0.25, 0.3) is 0 Å². The number of esters is 1. The third kappa shape index (κ3) is 6.55. The van der Waals surface area contributed by atoms with Gasteiger partial charge in [-0.25, -0.2) is 4.79 Å². The summed E-state index contributed by atoms with van der Waals surface area (Å²) in [4.78, 5) is 12.3. The van der Waals surface area contributed by atoms with Gasteiger partial charge >= 0.3 is 5.97 Å². The Hall–Kier alpha value is -1.90. The Morgan fingerprint density at radius 1 is 1.03 bits per heavy atom. The third-order valence-corrected chi connectivity index (χ3v) is 8.34. The largest absolute Gasteiger partial charge is 0.423 e. The van der Waals surface area contributed by atoms with Gasteiger partial charge in [0, 0.05) is 0 Å². The zero-order valence-corrected chi connectivity index (χ0v) is 18.4. The number of carbonyl (C=O) groups excluding carboxylic acids is 1. The third-order valence-electron chi connectivity index (χ3n) is 5.05. The number of nitrogens with zero attached hydrogens (tertiary/aromatic N) is 1. The standard InChI is InChI=1S/C24H27NO2S2/c1-2-3-4-5-6-19-16-28-24(29-17-19)21-11-13-22(14-12-21)27-23(26)20-9-7-18(15-25)8-10-20/h7-14,19,24H,2-6,16-17H2,1H3. The van der Waals surface area contributed by atoms with E-state index < -0.39 is 5.97 Å². The van der Waals surface area contributed by atoms with Crippen LogP contribution in [0.15, 0.2) is 48.5 Å². The number of nitriles is 1. The van der Waals surface area contributed by atoms with E-state index in [4.69, 9.17) is 10.00 Å². The quantitative estimate of drug-likeness (QED) is 0.263. The van der Waals surface area contributed by atoms with E-state index in [2.05, 4.69) is 19.1 Å². The molecule has 1 aliphatic rings. The highest BCUT2D eigenvalue weighted by Crippen LogP contribution is 2.46. The molecule has 0 unspecified atom stereocenters. The fraction of sp³-hybridized carbons (Fsp3) is 0.417. The van der Waals surface area contributed by atoms with Gasteiger partial charge < -0.3 is 4.74 Å². The average molecular weight is 426 g/mol. The van der Waals surface area contributed by atoms with Crippen molar-refractivity contribution in [3.05, 3.63) is 65.2 Å². The molecule has 0 aliphatic carbocycles. The molecule has 0 amide bonds. The lowest BCUT2D eigenvalue weighted by Crippen LogP contribution is -2.14. The van der Waals surface area contributed by atoms with Crippen LogP contribution in [0.3, 0.4) is 0 Å². The number of hydrogen-bond donors (Lipinski definition) is 0. The SMILES string of the molecule is CCCCCCC1CSC(c2ccc(OC(=O)c3ccc(C#N)cc3)cc2)SC1. The van der Waals surface area contributed by atoms with Crippen molar-refractivity contribution in [1.82, 2.24) is 0 Å². The van der Waals surface area contributed by atoms with E-state index in [1.807, 2.05) is 41.7 Å². The van der Waals surface area contributed by atoms with Crippen molar-refractivity contribution in [3.8, 4) is 11.8 Å². The first kappa shape index (κ1) is 21.8. The van der Waals surface area contributed by atoms with Gasteiger partial charge in [0.2, 0.25) is 0 Å². The molecule has 2 aromatic carbocycles. The lowest BCUT2D eigenvalue weighted by molar-refractivity contribution is 0.0734. The van der Waals surface area contributed by atoms with Crippen molar-refractivity contribution in [2.24, 2.45) is 5.92 Å². The molecule has 0 aromatic heterocycles. The van der Waals surface area contributed by atoms with Crippen LogP contribution in [-0.4, -0.2) is 17.5 Å². The summed E-state index contributed by atoms with van der Waals surface area (Å²) >= 11 is 4.07. The maximum atomic E-state index is 12.3. The number of benzene rings is 2. The number of carbonyl (C=O) groups is 1. The van der Waals surface area contributed by atoms with Gasteiger partial charge in [-0.05, 0) is 65.8 Å². The first-order valence-electron chi connectivity index (χ1n) is 10.2. The van der Waals surface area contributed by atoms with E-state index in [1.165, 1.54) is 49.2 Å². The Labute approximate surface area is 182 Å². The Morgan fingerprint density at radius 2 is 1.72 bits per heavy atom. The van der Waals surface area contributed by atoms with Crippen LogP contribution in [0, 0.1) is 17.2 Å². The number of hydrogen-bond acceptors (Lipinski definition) is 5. The summed E-state index contributed by atoms with van der Waals surface area (Å²) in [6, 6.07) is 16.4. The first-order chi connectivity index (χ1) is 14.2. The second kappa shape index (κ2) is 11.3. The Balaban J connectivity index is 1.47. The Kier molecular flexibility index (Phi) is 8.52. The van der Waals surface area contributed by atoms with Crippen LogP contribution in [-0.2, 0) is 0 Å². The van der Waals surface area contributed by atoms with Crippen LogP contribution in [0.1, 0.15) is 65.1 Å². The molecule has 152 valence electrons. The molecule has 0 bridgehead atoms. The summed E-state index contributed by atoms with van der Waals surface area (Å²) in [6.07, 6.45) is 6.75. The molecule has 0 N–H and O–H groups in total. The van der Waals surface area contributed by atoms with Gasteiger partial charge in [0.05, 0.1) is 21.8 Å². The Bertz CT molecular complexity index is 819. The van der Waals surface area contributed by atoms with Gasteiger partial charge in [-0.3, -0.25) is 0 Å². The number of rotatable bonds is 8. The molecule has 5 heteroatoms. The number of thioether (sulfide) groups is 2. The summed E-state index contributed by atoms with van der Waals surface area (Å²) in [5.74, 6) is 3.45. The summed E-state index contributed by atoms with van der Waals surface area (Å²) in [6.45, 7) is 2.26. The molecule has 1 aliphatic heterocycles. The molecule has 0 atom stereocenters. The second-order valence-corrected chi connectivity index (χ2v) is 9.94. The van der Waals surface area contributed by atoms with E-state index >= 15 is 0 Å². The minimum atomic E-state index is -0.408. The van der Waals surface area contributed by atoms with Crippen molar-refractivity contribution >= 4 is 29.5 Å². The molecule has 29 heavy (non-hydrogen) atoms. The lowest BCUT2D eigenvalue weighted by atomic mass is 10.0. The first-order valence-corrected chi connectivity index (χ1v) is 12.3. The topological polar surface area (TPSA) is 50.1 Å². The van der Waals surface area contributed by atoms with Gasteiger partial charge in [-0.2, -0.15) is 5.26 Å². The second-order valence-electron chi connectivity index (χ2n) is 7.36. The summed E-state index contributed by atoms with van der Waals surface area (Å²) in [7, 11) is 0. The molecule has 3 rings (SSSR count). The van der Waals surface area contributed by atoms with Crippen molar-refractivity contribution in [3.63, 3.8) is 0 Å². The smallest absolute Gasteiger partial charge is 0.343 e. The molecule has 0 radical (unpaired) electrons. The Morgan fingerprint density at radius 3 is 2.34 bits per heavy atom. The maximum absolute atomic E-state index is 12.3. The number of unbranched alkanes of at least 4 members (excludes halogenated alkanes) is 3. The summed E-state index contributed by atoms with van der Waals surface area (Å²) in [5, 5.41) is 8.84. The molecule has 2 aromatic rings. The van der Waals surface area contributed by atoms with Crippen molar-refractivity contribution in [2.75, 3.05) is 11.5 Å². The normalized spacial score (nSPS) is 18.8. The zero-order chi connectivity index (χ0) is 20.5. The molecule has 1 fully saturated rings. The fourth-order valence-electron chi connectivity index (χ4n) is 3.30. The zero-order valence-electron chi connectivity index (χ0n) is 16.8. The van der Waals surface area contributed by atoms with Crippen molar-refractivity contribution in [2.45, 2.75) is 43.6 Å². The molecule has 0 spiro atoms. The summed E-state index contributed by atoms with van der Waals surface area (Å²) in [5.41, 5.74) is 2.25. The van der Waals surface area contributed by atoms with Gasteiger partial charge in [-0.15, -0.1) is 23.5 Å². The summed E-state index contributed by atoms with van der Waals surface area (Å²) < 4.78 is 5.93. The average Bonchev–Trinajstić information content (AvgIpc) is 2.78. The van der Waals surface area contributed by atoms with Crippen LogP contribution < -0.4 is 4.74 Å². The van der Waals surface area contributed by atoms with E-state index in [-0.39, 0.29) is 0 Å². The minimum absolute atomic E-state index is 0.408. The van der Waals surface area contributed by atoms with E-state index in [9.17, 15) is 4.79 Å². The highest BCUT2D eigenvalue weighted by molar-refractivity contribution is 8.16. The van der Waals surface area contributed by atoms with E-state index in [0.29, 0.717) is 21.5 Å². The fourth-order valence-corrected chi connectivity index (χ4v) is 6.47. The van der Waals surface area contributed by atoms with Gasteiger partial charge in [0.15, 0.2) is 0 Å². The molecular weight excluding hydrogens is 398 g/mol. The molecule has 0 saturated carbocycles.